The molecule has 3 rings (SSSR count). The maximum Gasteiger partial charge on any atom is 1.00 e. The fourth-order valence-electron chi connectivity index (χ4n) is 3.44. The van der Waals surface area contributed by atoms with E-state index in [0.29, 0.717) is 19.5 Å². The minimum Gasteiger partial charge on any atom is -0.660 e. The smallest absolute Gasteiger partial charge is 0.660 e. The molecule has 1 aromatic carbocycles. The van der Waals surface area contributed by atoms with Gasteiger partial charge in [-0.15, -0.1) is 13.1 Å². The van der Waals surface area contributed by atoms with Gasteiger partial charge in [0.15, 0.2) is 5.82 Å². The summed E-state index contributed by atoms with van der Waals surface area (Å²) in [5.74, 6) is 0.568. The van der Waals surface area contributed by atoms with Crippen molar-refractivity contribution in [3.8, 4) is 0 Å². The number of amides is 2. The molecule has 9 heteroatoms. The summed E-state index contributed by atoms with van der Waals surface area (Å²) in [5.41, 5.74) is 2.08. The van der Waals surface area contributed by atoms with Gasteiger partial charge in [-0.1, -0.05) is 12.5 Å². The van der Waals surface area contributed by atoms with Crippen LogP contribution in [0.1, 0.15) is 24.3 Å². The van der Waals surface area contributed by atoms with Crippen molar-refractivity contribution in [3.05, 3.63) is 36.5 Å². The van der Waals surface area contributed by atoms with E-state index in [-0.39, 0.29) is 77.1 Å². The quantitative estimate of drug-likeness (QED) is 0.336. The Morgan fingerprint density at radius 2 is 2.25 bits per heavy atom. The average Bonchev–Trinajstić information content (AvgIpc) is 2.97. The molecular weight excluding hydrogens is 385 g/mol. The van der Waals surface area contributed by atoms with Crippen molar-refractivity contribution in [2.45, 2.75) is 24.9 Å². The van der Waals surface area contributed by atoms with Gasteiger partial charge in [0.25, 0.3) is 0 Å². The molecule has 0 spiro atoms. The summed E-state index contributed by atoms with van der Waals surface area (Å²) in [7, 11) is 3.76. The third kappa shape index (κ3) is 5.62. The van der Waals surface area contributed by atoms with Crippen molar-refractivity contribution in [2.75, 3.05) is 31.6 Å². The van der Waals surface area contributed by atoms with E-state index in [0.717, 1.165) is 35.2 Å². The molecule has 0 saturated carbocycles. The normalized spacial score (nSPS) is 18.7. The number of rotatable bonds is 6. The number of imide groups is 1. The summed E-state index contributed by atoms with van der Waals surface area (Å²) in [6.07, 6.45) is 1.02. The van der Waals surface area contributed by atoms with Crippen molar-refractivity contribution in [2.24, 2.45) is 7.05 Å². The summed E-state index contributed by atoms with van der Waals surface area (Å²) in [5, 5.41) is 22.2. The van der Waals surface area contributed by atoms with E-state index in [9.17, 15) is 14.7 Å². The molecule has 2 heterocycles. The van der Waals surface area contributed by atoms with Crippen LogP contribution in [-0.2, 0) is 16.6 Å². The fourth-order valence-corrected chi connectivity index (χ4v) is 3.44. The number of carbonyl (C=O) groups is 2. The zero-order chi connectivity index (χ0) is 18.7. The fraction of sp³-hybridized carbons (Fsp3) is 0.474. The zero-order valence-electron chi connectivity index (χ0n) is 17.1. The van der Waals surface area contributed by atoms with Crippen LogP contribution in [0.25, 0.3) is 16.2 Å². The van der Waals surface area contributed by atoms with Crippen molar-refractivity contribution < 1.29 is 66.1 Å². The molecule has 1 saturated heterocycles. The second-order valence-corrected chi connectivity index (χ2v) is 6.67. The largest absolute Gasteiger partial charge is 1.00 e. The van der Waals surface area contributed by atoms with Crippen LogP contribution < -0.4 is 61.6 Å². The van der Waals surface area contributed by atoms with E-state index < -0.39 is 6.10 Å². The van der Waals surface area contributed by atoms with Crippen LogP contribution in [-0.4, -0.2) is 60.0 Å². The number of fused-ring (bicyclic) bond motifs is 1. The molecule has 0 bridgehead atoms. The summed E-state index contributed by atoms with van der Waals surface area (Å²) in [6.45, 7) is 1.73. The van der Waals surface area contributed by atoms with Crippen LogP contribution in [0.5, 0.6) is 0 Å². The molecule has 0 aliphatic carbocycles. The molecule has 2 amide bonds. The standard InChI is InChI=1S/C18H24N5O3.CH3.K/c1-22(8-6-17(26)20-11-24)18-14-4-3-12(9-15(14)23(2)21-18)13-5-7-19-10-16(13)25;;/h3-4,9,11,13,16,25H,5-8,10H2,1-2H3,(H,20,24,26);1H3;/q2*-1;+1. The van der Waals surface area contributed by atoms with Crippen LogP contribution >= 0.6 is 0 Å². The minimum atomic E-state index is -0.437. The Balaban J connectivity index is 0.00000196. The van der Waals surface area contributed by atoms with Gasteiger partial charge in [-0.05, 0) is 17.7 Å². The first-order chi connectivity index (χ1) is 12.5. The third-order valence-electron chi connectivity index (χ3n) is 4.92. The van der Waals surface area contributed by atoms with Crippen LogP contribution in [0.3, 0.4) is 0 Å². The third-order valence-corrected chi connectivity index (χ3v) is 4.92. The molecule has 2 atom stereocenters. The molecule has 1 aromatic heterocycles. The van der Waals surface area contributed by atoms with Gasteiger partial charge in [0, 0.05) is 44.5 Å². The predicted octanol–water partition coefficient (Wildman–Crippen LogP) is -1.65. The SMILES string of the molecule is CN(CCC(=O)NC=O)c1nn(C)c2cc(C3CC[N-]CC3O)ccc12.[CH3-].[K+]. The molecular formula is C19H27KN5O3-. The number of piperidine rings is 1. The Hall–Kier alpha value is -0.814. The molecule has 0 radical (unpaired) electrons. The number of carbonyl (C=O) groups excluding carboxylic acids is 2. The van der Waals surface area contributed by atoms with E-state index >= 15 is 0 Å². The van der Waals surface area contributed by atoms with Gasteiger partial charge in [-0.3, -0.25) is 19.6 Å². The Labute approximate surface area is 208 Å². The first-order valence-electron chi connectivity index (χ1n) is 8.73. The topological polar surface area (TPSA) is 102 Å². The Morgan fingerprint density at radius 1 is 1.50 bits per heavy atom. The maximum atomic E-state index is 11.5. The maximum absolute atomic E-state index is 11.5. The number of aromatic nitrogens is 2. The number of nitrogens with zero attached hydrogens (tertiary/aromatic N) is 4. The number of aliphatic hydroxyl groups excluding tert-OH is 1. The van der Waals surface area contributed by atoms with Crippen molar-refractivity contribution >= 4 is 29.0 Å². The number of aliphatic hydroxyl groups is 1. The molecule has 2 aromatic rings. The Bertz CT molecular complexity index is 810. The van der Waals surface area contributed by atoms with E-state index in [4.69, 9.17) is 0 Å². The van der Waals surface area contributed by atoms with Gasteiger partial charge in [0.05, 0.1) is 5.52 Å². The molecule has 1 aliphatic heterocycles. The molecule has 28 heavy (non-hydrogen) atoms. The first kappa shape index (κ1) is 25.2. The summed E-state index contributed by atoms with van der Waals surface area (Å²) in [6, 6.07) is 6.14. The van der Waals surface area contributed by atoms with Crippen molar-refractivity contribution in [3.63, 3.8) is 0 Å². The van der Waals surface area contributed by atoms with Gasteiger partial charge in [0.2, 0.25) is 12.3 Å². The monoisotopic (exact) mass is 412 g/mol. The average molecular weight is 413 g/mol. The van der Waals surface area contributed by atoms with Gasteiger partial charge >= 0.3 is 51.4 Å². The summed E-state index contributed by atoms with van der Waals surface area (Å²) in [4.78, 5) is 23.7. The van der Waals surface area contributed by atoms with E-state index in [1.54, 1.807) is 0 Å². The number of benzene rings is 1. The molecule has 2 N–H and O–H groups in total. The summed E-state index contributed by atoms with van der Waals surface area (Å²) < 4.78 is 1.82. The predicted molar refractivity (Wildman–Crippen MR) is 106 cm³/mol. The number of anilines is 1. The number of hydrogen-bond acceptors (Lipinski definition) is 5. The second kappa shape index (κ2) is 11.4. The molecule has 1 fully saturated rings. The molecule has 148 valence electrons. The number of hydrogen-bond donors (Lipinski definition) is 2. The van der Waals surface area contributed by atoms with Crippen LogP contribution in [0.2, 0.25) is 0 Å². The molecule has 1 aliphatic rings. The van der Waals surface area contributed by atoms with E-state index in [1.807, 2.05) is 35.8 Å². The van der Waals surface area contributed by atoms with Crippen LogP contribution in [0.15, 0.2) is 18.2 Å². The Kier molecular flexibility index (Phi) is 10.3. The van der Waals surface area contributed by atoms with Crippen molar-refractivity contribution in [1.82, 2.24) is 15.1 Å². The number of nitrogens with one attached hydrogen (secondary N) is 1. The first-order valence-corrected chi connectivity index (χ1v) is 8.73. The summed E-state index contributed by atoms with van der Waals surface area (Å²) >= 11 is 0. The van der Waals surface area contributed by atoms with Gasteiger partial charge in [-0.25, -0.2) is 0 Å². The molecule has 2 unspecified atom stereocenters. The van der Waals surface area contributed by atoms with Crippen molar-refractivity contribution in [1.29, 1.82) is 0 Å². The van der Waals surface area contributed by atoms with Gasteiger partial charge in [-0.2, -0.15) is 5.10 Å². The van der Waals surface area contributed by atoms with E-state index in [2.05, 4.69) is 21.8 Å². The minimum absolute atomic E-state index is 0. The number of aryl methyl sites for hydroxylation is 1. The Morgan fingerprint density at radius 3 is 2.93 bits per heavy atom. The zero-order valence-corrected chi connectivity index (χ0v) is 20.2. The van der Waals surface area contributed by atoms with Gasteiger partial charge in [0.1, 0.15) is 0 Å². The van der Waals surface area contributed by atoms with Crippen LogP contribution in [0.4, 0.5) is 5.82 Å². The van der Waals surface area contributed by atoms with E-state index in [1.165, 1.54) is 0 Å². The van der Waals surface area contributed by atoms with Gasteiger partial charge < -0.3 is 22.7 Å². The molecule has 8 nitrogen and oxygen atoms in total. The second-order valence-electron chi connectivity index (χ2n) is 6.67. The van der Waals surface area contributed by atoms with Crippen LogP contribution in [0, 0.1) is 7.43 Å².